The molecule has 0 aromatic heterocycles. The van der Waals surface area contributed by atoms with Crippen molar-refractivity contribution in [2.75, 3.05) is 0 Å². The molecule has 0 heterocycles. The number of hydrogen-bond acceptors (Lipinski definition) is 0. The molecule has 1 heteroatoms. The van der Waals surface area contributed by atoms with Gasteiger partial charge < -0.3 is 0 Å². The zero-order valence-electron chi connectivity index (χ0n) is 9.59. The van der Waals surface area contributed by atoms with Crippen molar-refractivity contribution >= 4 is 6.08 Å². The summed E-state index contributed by atoms with van der Waals surface area (Å²) in [5, 5.41) is 0. The third kappa shape index (κ3) is 7.09. The van der Waals surface area contributed by atoms with Crippen molar-refractivity contribution < 1.29 is 18.9 Å². The summed E-state index contributed by atoms with van der Waals surface area (Å²) >= 11 is 0. The van der Waals surface area contributed by atoms with Crippen LogP contribution in [0.3, 0.4) is 0 Å². The molecule has 0 bridgehead atoms. The van der Waals surface area contributed by atoms with Crippen LogP contribution in [0.1, 0.15) is 31.7 Å². The standard InChI is InChI=1S/C14H15.Li/c1-2-3-4-5-6-8-11-14-12-9-7-10-13-14;/h7-12H,2-4H2,1H3;/q-1;+1/b11-8-;. The van der Waals surface area contributed by atoms with Gasteiger partial charge in [-0.3, -0.25) is 0 Å². The first-order valence-electron chi connectivity index (χ1n) is 5.05. The molecule has 0 saturated carbocycles. The van der Waals surface area contributed by atoms with Gasteiger partial charge in [-0.2, -0.15) is 0 Å². The van der Waals surface area contributed by atoms with Crippen LogP contribution in [0.4, 0.5) is 0 Å². The van der Waals surface area contributed by atoms with Gasteiger partial charge in [-0.25, -0.2) is 0 Å². The molecule has 0 atom stereocenters. The molecule has 0 aliphatic heterocycles. The summed E-state index contributed by atoms with van der Waals surface area (Å²) in [4.78, 5) is 0. The van der Waals surface area contributed by atoms with Crippen molar-refractivity contribution in [3.05, 3.63) is 42.0 Å². The number of hydrogen-bond donors (Lipinski definition) is 0. The van der Waals surface area contributed by atoms with Crippen molar-refractivity contribution in [3.8, 4) is 11.8 Å². The maximum absolute atomic E-state index is 3.12. The van der Waals surface area contributed by atoms with E-state index in [9.17, 15) is 0 Å². The minimum absolute atomic E-state index is 0. The quantitative estimate of drug-likeness (QED) is 0.285. The fraction of sp³-hybridized carbons (Fsp3) is 0.286. The number of unbranched alkanes of at least 4 members (excludes halogenated alkanes) is 2. The summed E-state index contributed by atoms with van der Waals surface area (Å²) in [5.41, 5.74) is 1.08. The van der Waals surface area contributed by atoms with Gasteiger partial charge >= 0.3 is 18.9 Å². The summed E-state index contributed by atoms with van der Waals surface area (Å²) < 4.78 is 0. The largest absolute Gasteiger partial charge is 1.00 e. The molecule has 0 nitrogen and oxygen atoms in total. The van der Waals surface area contributed by atoms with Crippen LogP contribution in [-0.4, -0.2) is 0 Å². The Bertz CT molecular complexity index is 327. The van der Waals surface area contributed by atoms with Crippen LogP contribution >= 0.6 is 0 Å². The molecule has 1 aromatic rings. The van der Waals surface area contributed by atoms with E-state index in [0.717, 1.165) is 12.0 Å². The number of rotatable bonds is 3. The molecule has 72 valence electrons. The topological polar surface area (TPSA) is 0 Å². The van der Waals surface area contributed by atoms with Crippen molar-refractivity contribution in [1.82, 2.24) is 0 Å². The molecule has 0 N–H and O–H groups in total. The molecule has 0 fully saturated rings. The summed E-state index contributed by atoms with van der Waals surface area (Å²) in [5.74, 6) is 6.12. The van der Waals surface area contributed by atoms with E-state index in [1.807, 2.05) is 36.4 Å². The van der Waals surface area contributed by atoms with Gasteiger partial charge in [0.2, 0.25) is 0 Å². The predicted molar refractivity (Wildman–Crippen MR) is 61.6 cm³/mol. The first kappa shape index (κ1) is 14.1. The third-order valence-electron chi connectivity index (χ3n) is 1.84. The smallest absolute Gasteiger partial charge is 0.150 e. The molecule has 0 aliphatic carbocycles. The Kier molecular flexibility index (Phi) is 9.10. The second-order valence-electron chi connectivity index (χ2n) is 3.08. The van der Waals surface area contributed by atoms with Gasteiger partial charge in [-0.05, 0) is 6.42 Å². The molecule has 15 heavy (non-hydrogen) atoms. The molecule has 1 aromatic carbocycles. The van der Waals surface area contributed by atoms with Gasteiger partial charge in [0.1, 0.15) is 0 Å². The van der Waals surface area contributed by atoms with Gasteiger partial charge in [0.05, 0.1) is 0 Å². The second kappa shape index (κ2) is 9.66. The van der Waals surface area contributed by atoms with Crippen LogP contribution in [0, 0.1) is 17.9 Å². The van der Waals surface area contributed by atoms with E-state index < -0.39 is 0 Å². The summed E-state index contributed by atoms with van der Waals surface area (Å²) in [6, 6.07) is 11.0. The van der Waals surface area contributed by atoms with E-state index in [0.29, 0.717) is 0 Å². The van der Waals surface area contributed by atoms with Gasteiger partial charge in [-0.1, -0.05) is 31.3 Å². The minimum atomic E-state index is 0. The first-order valence-corrected chi connectivity index (χ1v) is 5.05. The maximum Gasteiger partial charge on any atom is 1.00 e. The van der Waals surface area contributed by atoms with E-state index in [2.05, 4.69) is 24.8 Å². The van der Waals surface area contributed by atoms with Gasteiger partial charge in [0.25, 0.3) is 0 Å². The molecule has 1 rings (SSSR count). The molecule has 0 unspecified atom stereocenters. The summed E-state index contributed by atoms with van der Waals surface area (Å²) in [6.45, 7) is 2.18. The Morgan fingerprint density at radius 3 is 2.93 bits per heavy atom. The average Bonchev–Trinajstić information content (AvgIpc) is 2.25. The molecule has 0 radical (unpaired) electrons. The SMILES string of the molecule is CCCCC#C/C=C\c1[c-]cccc1.[Li+]. The van der Waals surface area contributed by atoms with Crippen LogP contribution in [-0.2, 0) is 0 Å². The molecule has 0 aliphatic rings. The Hall–Kier alpha value is -0.883. The van der Waals surface area contributed by atoms with Gasteiger partial charge in [0, 0.05) is 6.42 Å². The monoisotopic (exact) mass is 190 g/mol. The van der Waals surface area contributed by atoms with Gasteiger partial charge in [-0.15, -0.1) is 42.0 Å². The first-order chi connectivity index (χ1) is 6.93. The summed E-state index contributed by atoms with van der Waals surface area (Å²) in [7, 11) is 0. The van der Waals surface area contributed by atoms with Crippen LogP contribution in [0.5, 0.6) is 0 Å². The fourth-order valence-electron chi connectivity index (χ4n) is 1.04. The predicted octanol–water partition coefficient (Wildman–Crippen LogP) is 0.698. The maximum atomic E-state index is 3.12. The zero-order valence-corrected chi connectivity index (χ0v) is 9.59. The van der Waals surface area contributed by atoms with Crippen molar-refractivity contribution in [1.29, 1.82) is 0 Å². The Balaban J connectivity index is 0.00000196. The molecule has 0 amide bonds. The molecule has 0 saturated heterocycles. The van der Waals surface area contributed by atoms with Crippen LogP contribution in [0.25, 0.3) is 6.08 Å². The van der Waals surface area contributed by atoms with E-state index >= 15 is 0 Å². The zero-order chi connectivity index (χ0) is 10.1. The van der Waals surface area contributed by atoms with E-state index in [4.69, 9.17) is 0 Å². The van der Waals surface area contributed by atoms with E-state index in [1.54, 1.807) is 0 Å². The van der Waals surface area contributed by atoms with Crippen molar-refractivity contribution in [2.24, 2.45) is 0 Å². The van der Waals surface area contributed by atoms with Gasteiger partial charge in [0.15, 0.2) is 0 Å². The van der Waals surface area contributed by atoms with Crippen LogP contribution in [0.2, 0.25) is 0 Å². The second-order valence-corrected chi connectivity index (χ2v) is 3.08. The molecular weight excluding hydrogens is 175 g/mol. The minimum Gasteiger partial charge on any atom is -0.150 e. The Morgan fingerprint density at radius 1 is 1.40 bits per heavy atom. The average molecular weight is 190 g/mol. The molecule has 0 spiro atoms. The number of allylic oxidation sites excluding steroid dienone is 1. The third-order valence-corrected chi connectivity index (χ3v) is 1.84. The number of benzene rings is 1. The van der Waals surface area contributed by atoms with E-state index in [1.165, 1.54) is 12.8 Å². The van der Waals surface area contributed by atoms with Crippen LogP contribution < -0.4 is 18.9 Å². The Labute approximate surface area is 105 Å². The molecular formula is C14H15Li. The van der Waals surface area contributed by atoms with E-state index in [-0.39, 0.29) is 18.9 Å². The Morgan fingerprint density at radius 2 is 2.27 bits per heavy atom. The van der Waals surface area contributed by atoms with Crippen LogP contribution in [0.15, 0.2) is 30.3 Å². The normalized spacial score (nSPS) is 9.13. The van der Waals surface area contributed by atoms with Crippen molar-refractivity contribution in [3.63, 3.8) is 0 Å². The summed E-state index contributed by atoms with van der Waals surface area (Å²) in [6.07, 6.45) is 7.28. The fourth-order valence-corrected chi connectivity index (χ4v) is 1.04. The van der Waals surface area contributed by atoms with Crippen molar-refractivity contribution in [2.45, 2.75) is 26.2 Å².